The van der Waals surface area contributed by atoms with E-state index < -0.39 is 35.2 Å². The molecule has 0 bridgehead atoms. The fourth-order valence-corrected chi connectivity index (χ4v) is 8.65. The molecular weight excluding hydrogens is 320 g/mol. The van der Waals surface area contributed by atoms with Gasteiger partial charge in [-0.15, -0.1) is 13.2 Å². The van der Waals surface area contributed by atoms with Gasteiger partial charge in [0.1, 0.15) is 0 Å². The van der Waals surface area contributed by atoms with Crippen LogP contribution in [0.5, 0.6) is 0 Å². The average molecular weight is 353 g/mol. The highest BCUT2D eigenvalue weighted by molar-refractivity contribution is 6.82. The van der Waals surface area contributed by atoms with Crippen LogP contribution in [0.1, 0.15) is 0 Å². The molecule has 0 aliphatic heterocycles. The van der Waals surface area contributed by atoms with Crippen molar-refractivity contribution in [3.8, 4) is 0 Å². The van der Waals surface area contributed by atoms with Gasteiger partial charge in [-0.2, -0.15) is 0 Å². The standard InChI is InChI=1S/C8H22O2Si3.C4H10O2Si/c1-8-11(9-12(2,3)4)10-13(5,6)7;1-4-7(5-2)6-3/h8,11H,1H2,2-7H3;4,7H,1H2,2-3H3. The summed E-state index contributed by atoms with van der Waals surface area (Å²) in [5.74, 6) is 0. The van der Waals surface area contributed by atoms with Crippen LogP contribution in [0.3, 0.4) is 0 Å². The van der Waals surface area contributed by atoms with E-state index in [0.29, 0.717) is 0 Å². The fraction of sp³-hybridized carbons (Fsp3) is 0.667. The lowest BCUT2D eigenvalue weighted by atomic mass is 11.3. The fourth-order valence-electron chi connectivity index (χ4n) is 1.11. The quantitative estimate of drug-likeness (QED) is 0.629. The zero-order valence-electron chi connectivity index (χ0n) is 14.4. The van der Waals surface area contributed by atoms with Crippen LogP contribution < -0.4 is 0 Å². The van der Waals surface area contributed by atoms with Crippen LogP contribution >= 0.6 is 0 Å². The third kappa shape index (κ3) is 16.2. The van der Waals surface area contributed by atoms with Crippen molar-refractivity contribution < 1.29 is 17.1 Å². The summed E-state index contributed by atoms with van der Waals surface area (Å²) in [6, 6.07) is 0. The van der Waals surface area contributed by atoms with E-state index in [4.69, 9.17) is 17.1 Å². The van der Waals surface area contributed by atoms with Crippen molar-refractivity contribution >= 4 is 35.2 Å². The van der Waals surface area contributed by atoms with E-state index in [2.05, 4.69) is 52.4 Å². The maximum absolute atomic E-state index is 5.94. The van der Waals surface area contributed by atoms with E-state index in [1.807, 2.05) is 5.70 Å². The Morgan fingerprint density at radius 2 is 1.00 bits per heavy atom. The molecule has 20 heavy (non-hydrogen) atoms. The van der Waals surface area contributed by atoms with E-state index in [0.717, 1.165) is 0 Å². The van der Waals surface area contributed by atoms with Gasteiger partial charge in [-0.25, -0.2) is 0 Å². The molecule has 120 valence electrons. The van der Waals surface area contributed by atoms with Crippen molar-refractivity contribution in [2.45, 2.75) is 39.3 Å². The van der Waals surface area contributed by atoms with Gasteiger partial charge in [-0.3, -0.25) is 0 Å². The largest absolute Gasteiger partial charge is 0.436 e. The first-order chi connectivity index (χ1) is 8.99. The molecule has 0 heterocycles. The van der Waals surface area contributed by atoms with Crippen molar-refractivity contribution in [1.82, 2.24) is 0 Å². The monoisotopic (exact) mass is 352 g/mol. The summed E-state index contributed by atoms with van der Waals surface area (Å²) < 4.78 is 21.6. The topological polar surface area (TPSA) is 36.9 Å². The van der Waals surface area contributed by atoms with Crippen molar-refractivity contribution in [1.29, 1.82) is 0 Å². The Balaban J connectivity index is 0. The Hall–Kier alpha value is 0.188. The molecule has 0 saturated heterocycles. The summed E-state index contributed by atoms with van der Waals surface area (Å²) in [6.45, 7) is 20.4. The molecule has 0 aromatic carbocycles. The van der Waals surface area contributed by atoms with Crippen LogP contribution in [0.25, 0.3) is 0 Å². The highest BCUT2D eigenvalue weighted by Gasteiger charge is 2.26. The molecular formula is C12H32O4Si4. The predicted molar refractivity (Wildman–Crippen MR) is 97.6 cm³/mol. The van der Waals surface area contributed by atoms with Crippen molar-refractivity contribution in [3.05, 3.63) is 24.6 Å². The molecule has 0 unspecified atom stereocenters. The maximum atomic E-state index is 5.94. The number of hydrogen-bond donors (Lipinski definition) is 0. The van der Waals surface area contributed by atoms with Gasteiger partial charge < -0.3 is 17.1 Å². The summed E-state index contributed by atoms with van der Waals surface area (Å²) in [7, 11) is -2.64. The van der Waals surface area contributed by atoms with Crippen LogP contribution in [0.4, 0.5) is 0 Å². The summed E-state index contributed by atoms with van der Waals surface area (Å²) in [4.78, 5) is 0. The lowest BCUT2D eigenvalue weighted by Gasteiger charge is -2.28. The molecule has 0 N–H and O–H groups in total. The Labute approximate surface area is 130 Å². The Morgan fingerprint density at radius 1 is 0.700 bits per heavy atom. The second kappa shape index (κ2) is 10.8. The van der Waals surface area contributed by atoms with Gasteiger partial charge in [0, 0.05) is 14.2 Å². The molecule has 0 fully saturated rings. The van der Waals surface area contributed by atoms with Crippen LogP contribution in [-0.2, 0) is 17.1 Å². The van der Waals surface area contributed by atoms with Crippen molar-refractivity contribution in [2.75, 3.05) is 14.2 Å². The maximum Gasteiger partial charge on any atom is 0.347 e. The molecule has 4 nitrogen and oxygen atoms in total. The zero-order chi connectivity index (χ0) is 16.4. The predicted octanol–water partition coefficient (Wildman–Crippen LogP) is 2.86. The van der Waals surface area contributed by atoms with Crippen LogP contribution in [-0.4, -0.2) is 49.4 Å². The van der Waals surface area contributed by atoms with Gasteiger partial charge in [0.15, 0.2) is 16.6 Å². The van der Waals surface area contributed by atoms with E-state index >= 15 is 0 Å². The molecule has 0 atom stereocenters. The second-order valence-corrected chi connectivity index (χ2v) is 19.8. The van der Waals surface area contributed by atoms with Gasteiger partial charge >= 0.3 is 18.6 Å². The number of rotatable bonds is 8. The van der Waals surface area contributed by atoms with Gasteiger partial charge in [0.05, 0.1) is 0 Å². The highest BCUT2D eigenvalue weighted by Crippen LogP contribution is 2.11. The lowest BCUT2D eigenvalue weighted by Crippen LogP contribution is -2.42. The molecule has 0 spiro atoms. The van der Waals surface area contributed by atoms with Gasteiger partial charge in [-0.05, 0) is 39.3 Å². The van der Waals surface area contributed by atoms with E-state index in [9.17, 15) is 0 Å². The minimum absolute atomic E-state index is 1.41. The van der Waals surface area contributed by atoms with Gasteiger partial charge in [0.25, 0.3) is 0 Å². The molecule has 0 aliphatic carbocycles. The summed E-state index contributed by atoms with van der Waals surface area (Å²) >= 11 is 0. The molecule has 0 rings (SSSR count). The third-order valence-corrected chi connectivity index (χ3v) is 11.0. The Morgan fingerprint density at radius 3 is 1.10 bits per heavy atom. The number of hydrogen-bond acceptors (Lipinski definition) is 4. The van der Waals surface area contributed by atoms with Crippen molar-refractivity contribution in [2.24, 2.45) is 0 Å². The Kier molecular flexibility index (Phi) is 12.2. The molecule has 8 heteroatoms. The highest BCUT2D eigenvalue weighted by atomic mass is 28.4. The molecule has 0 aromatic rings. The SMILES string of the molecule is C=C[SiH](OC)OC.C=C[SiH](O[Si](C)(C)C)O[Si](C)(C)C. The van der Waals surface area contributed by atoms with E-state index in [1.165, 1.54) is 0 Å². The molecule has 0 aliphatic rings. The third-order valence-electron chi connectivity index (χ3n) is 1.79. The average Bonchev–Trinajstić information content (AvgIpc) is 2.27. The lowest BCUT2D eigenvalue weighted by molar-refractivity contribution is 0.290. The molecule has 0 radical (unpaired) electrons. The first kappa shape index (κ1) is 22.5. The van der Waals surface area contributed by atoms with Crippen molar-refractivity contribution in [3.63, 3.8) is 0 Å². The molecule has 0 saturated carbocycles. The van der Waals surface area contributed by atoms with Crippen LogP contribution in [0, 0.1) is 0 Å². The first-order valence-corrected chi connectivity index (χ1v) is 16.7. The molecule has 0 aromatic heterocycles. The second-order valence-electron chi connectivity index (χ2n) is 6.14. The van der Waals surface area contributed by atoms with E-state index in [-0.39, 0.29) is 0 Å². The molecule has 0 amide bonds. The summed E-state index contributed by atoms with van der Waals surface area (Å²) in [5, 5.41) is 0. The minimum atomic E-state index is -1.58. The normalized spacial score (nSPS) is 12.1. The Bertz CT molecular complexity index is 254. The van der Waals surface area contributed by atoms with Gasteiger partial charge in [-0.1, -0.05) is 11.4 Å². The van der Waals surface area contributed by atoms with Crippen LogP contribution in [0.15, 0.2) is 24.6 Å². The first-order valence-electron chi connectivity index (χ1n) is 6.65. The minimum Gasteiger partial charge on any atom is -0.436 e. The zero-order valence-corrected chi connectivity index (χ0v) is 18.7. The van der Waals surface area contributed by atoms with Crippen LogP contribution in [0.2, 0.25) is 39.3 Å². The summed E-state index contributed by atoms with van der Waals surface area (Å²) in [6.07, 6.45) is 0. The summed E-state index contributed by atoms with van der Waals surface area (Å²) in [5.41, 5.74) is 3.61. The smallest absolute Gasteiger partial charge is 0.347 e. The van der Waals surface area contributed by atoms with E-state index in [1.54, 1.807) is 19.9 Å². The van der Waals surface area contributed by atoms with Gasteiger partial charge in [0.2, 0.25) is 0 Å².